The number of benzene rings is 1. The first-order chi connectivity index (χ1) is 6.24. The molecule has 0 aliphatic carbocycles. The van der Waals surface area contributed by atoms with Crippen molar-refractivity contribution in [3.8, 4) is 5.75 Å². The molecular weight excluding hydrogens is 188 g/mol. The van der Waals surface area contributed by atoms with Gasteiger partial charge in [0.25, 0.3) is 0 Å². The number of nitrogens with one attached hydrogen (secondary N) is 1. The SMILES string of the molecule is COc1ccccc1SNC(N)=O. The molecule has 0 radical (unpaired) electrons. The Labute approximate surface area is 80.6 Å². The molecule has 13 heavy (non-hydrogen) atoms. The molecule has 0 aliphatic rings. The molecule has 5 heteroatoms. The van der Waals surface area contributed by atoms with Gasteiger partial charge >= 0.3 is 6.03 Å². The van der Waals surface area contributed by atoms with Gasteiger partial charge in [-0.15, -0.1) is 0 Å². The van der Waals surface area contributed by atoms with Crippen molar-refractivity contribution < 1.29 is 9.53 Å². The van der Waals surface area contributed by atoms with Gasteiger partial charge in [0, 0.05) is 0 Å². The topological polar surface area (TPSA) is 64.3 Å². The highest BCUT2D eigenvalue weighted by Gasteiger charge is 2.02. The third kappa shape index (κ3) is 2.87. The third-order valence-electron chi connectivity index (χ3n) is 1.33. The van der Waals surface area contributed by atoms with E-state index >= 15 is 0 Å². The second kappa shape index (κ2) is 4.61. The van der Waals surface area contributed by atoms with Crippen molar-refractivity contribution in [2.75, 3.05) is 7.11 Å². The van der Waals surface area contributed by atoms with Gasteiger partial charge in [-0.05, 0) is 24.1 Å². The summed E-state index contributed by atoms with van der Waals surface area (Å²) in [4.78, 5) is 11.2. The van der Waals surface area contributed by atoms with Crippen LogP contribution < -0.4 is 15.2 Å². The number of urea groups is 1. The van der Waals surface area contributed by atoms with Gasteiger partial charge in [-0.2, -0.15) is 0 Å². The second-order valence-corrected chi connectivity index (χ2v) is 3.07. The van der Waals surface area contributed by atoms with Crippen LogP contribution in [0.3, 0.4) is 0 Å². The van der Waals surface area contributed by atoms with Gasteiger partial charge in [-0.25, -0.2) is 4.79 Å². The fourth-order valence-corrected chi connectivity index (χ4v) is 1.42. The number of para-hydroxylation sites is 1. The van der Waals surface area contributed by atoms with Gasteiger partial charge in [0.2, 0.25) is 0 Å². The van der Waals surface area contributed by atoms with Gasteiger partial charge in [0.1, 0.15) is 5.75 Å². The Bertz CT molecular complexity index is 304. The molecule has 0 saturated carbocycles. The first-order valence-electron chi connectivity index (χ1n) is 3.59. The quantitative estimate of drug-likeness (QED) is 0.721. The monoisotopic (exact) mass is 198 g/mol. The Balaban J connectivity index is 2.69. The number of hydrogen-bond donors (Lipinski definition) is 2. The Morgan fingerprint density at radius 2 is 2.23 bits per heavy atom. The van der Waals surface area contributed by atoms with E-state index in [1.54, 1.807) is 7.11 Å². The number of primary amides is 1. The minimum Gasteiger partial charge on any atom is -0.496 e. The summed E-state index contributed by atoms with van der Waals surface area (Å²) in [5.41, 5.74) is 4.92. The summed E-state index contributed by atoms with van der Waals surface area (Å²) in [6.45, 7) is 0. The lowest BCUT2D eigenvalue weighted by molar-refractivity contribution is 0.254. The molecule has 3 N–H and O–H groups in total. The van der Waals surface area contributed by atoms with Crippen molar-refractivity contribution in [3.05, 3.63) is 24.3 Å². The minimum atomic E-state index is -0.573. The Hall–Kier alpha value is -1.36. The smallest absolute Gasteiger partial charge is 0.322 e. The maximum absolute atomic E-state index is 10.4. The van der Waals surface area contributed by atoms with Crippen molar-refractivity contribution in [2.24, 2.45) is 5.73 Å². The molecule has 0 bridgehead atoms. The lowest BCUT2D eigenvalue weighted by atomic mass is 10.3. The zero-order chi connectivity index (χ0) is 9.68. The molecule has 0 saturated heterocycles. The lowest BCUT2D eigenvalue weighted by Crippen LogP contribution is -2.22. The van der Waals surface area contributed by atoms with E-state index in [2.05, 4.69) is 4.72 Å². The highest BCUT2D eigenvalue weighted by molar-refractivity contribution is 7.98. The highest BCUT2D eigenvalue weighted by atomic mass is 32.2. The van der Waals surface area contributed by atoms with Crippen LogP contribution in [-0.4, -0.2) is 13.1 Å². The predicted octanol–water partition coefficient (Wildman–Crippen LogP) is 1.37. The fourth-order valence-electron chi connectivity index (χ4n) is 0.808. The molecule has 0 atom stereocenters. The lowest BCUT2D eigenvalue weighted by Gasteiger charge is -2.06. The van der Waals surface area contributed by atoms with E-state index in [0.29, 0.717) is 5.75 Å². The largest absolute Gasteiger partial charge is 0.496 e. The summed E-state index contributed by atoms with van der Waals surface area (Å²) in [6.07, 6.45) is 0. The van der Waals surface area contributed by atoms with Crippen molar-refractivity contribution in [1.29, 1.82) is 0 Å². The molecule has 0 unspecified atom stereocenters. The minimum absolute atomic E-state index is 0.573. The number of ether oxygens (including phenoxy) is 1. The van der Waals surface area contributed by atoms with Gasteiger partial charge in [0.05, 0.1) is 12.0 Å². The Kier molecular flexibility index (Phi) is 3.45. The molecule has 70 valence electrons. The molecular formula is C8H10N2O2S. The van der Waals surface area contributed by atoms with Crippen molar-refractivity contribution in [2.45, 2.75) is 4.90 Å². The first-order valence-corrected chi connectivity index (χ1v) is 4.41. The summed E-state index contributed by atoms with van der Waals surface area (Å²) in [7, 11) is 1.57. The number of carbonyl (C=O) groups excluding carboxylic acids is 1. The Morgan fingerprint density at radius 3 is 2.85 bits per heavy atom. The van der Waals surface area contributed by atoms with E-state index in [-0.39, 0.29) is 0 Å². The Morgan fingerprint density at radius 1 is 1.54 bits per heavy atom. The summed E-state index contributed by atoms with van der Waals surface area (Å²) >= 11 is 1.13. The maximum Gasteiger partial charge on any atom is 0.322 e. The van der Waals surface area contributed by atoms with Gasteiger partial charge in [-0.1, -0.05) is 12.1 Å². The average Bonchev–Trinajstić information content (AvgIpc) is 2.15. The molecule has 0 fully saturated rings. The molecule has 0 aromatic heterocycles. The maximum atomic E-state index is 10.4. The number of nitrogens with two attached hydrogens (primary N) is 1. The molecule has 2 amide bonds. The summed E-state index contributed by atoms with van der Waals surface area (Å²) in [5, 5.41) is 0. The number of amides is 2. The van der Waals surface area contributed by atoms with Crippen LogP contribution in [0.1, 0.15) is 0 Å². The number of carbonyl (C=O) groups is 1. The van der Waals surface area contributed by atoms with E-state index in [1.807, 2.05) is 24.3 Å². The average molecular weight is 198 g/mol. The molecule has 0 spiro atoms. The van der Waals surface area contributed by atoms with Gasteiger partial charge < -0.3 is 10.5 Å². The molecule has 1 aromatic carbocycles. The van der Waals surface area contributed by atoms with Crippen LogP contribution in [-0.2, 0) is 0 Å². The van der Waals surface area contributed by atoms with Crippen LogP contribution in [0.4, 0.5) is 4.79 Å². The van der Waals surface area contributed by atoms with Crippen molar-refractivity contribution in [3.63, 3.8) is 0 Å². The van der Waals surface area contributed by atoms with Crippen LogP contribution in [0.2, 0.25) is 0 Å². The first kappa shape index (κ1) is 9.73. The van der Waals surface area contributed by atoms with Crippen LogP contribution in [0.15, 0.2) is 29.2 Å². The number of hydrogen-bond acceptors (Lipinski definition) is 3. The molecule has 4 nitrogen and oxygen atoms in total. The fraction of sp³-hybridized carbons (Fsp3) is 0.125. The highest BCUT2D eigenvalue weighted by Crippen LogP contribution is 2.25. The second-order valence-electron chi connectivity index (χ2n) is 2.22. The number of methoxy groups -OCH3 is 1. The molecule has 1 rings (SSSR count). The van der Waals surface area contributed by atoms with Crippen LogP contribution in [0.5, 0.6) is 5.75 Å². The van der Waals surface area contributed by atoms with Gasteiger partial charge in [0.15, 0.2) is 0 Å². The van der Waals surface area contributed by atoms with E-state index < -0.39 is 6.03 Å². The third-order valence-corrected chi connectivity index (χ3v) is 2.19. The molecule has 0 heterocycles. The van der Waals surface area contributed by atoms with Crippen LogP contribution >= 0.6 is 11.9 Å². The molecule has 1 aromatic rings. The normalized spacial score (nSPS) is 9.31. The van der Waals surface area contributed by atoms with E-state index in [1.165, 1.54) is 0 Å². The zero-order valence-corrected chi connectivity index (χ0v) is 7.93. The van der Waals surface area contributed by atoms with Crippen LogP contribution in [0.25, 0.3) is 0 Å². The van der Waals surface area contributed by atoms with Crippen molar-refractivity contribution >= 4 is 18.0 Å². The summed E-state index contributed by atoms with van der Waals surface area (Å²) in [6, 6.07) is 6.78. The van der Waals surface area contributed by atoms with E-state index in [9.17, 15) is 4.79 Å². The van der Waals surface area contributed by atoms with E-state index in [4.69, 9.17) is 10.5 Å². The standard InChI is InChI=1S/C8H10N2O2S/c1-12-6-4-2-3-5-7(6)13-10-8(9)11/h2-5H,1H3,(H3,9,10,11). The zero-order valence-electron chi connectivity index (χ0n) is 7.11. The predicted molar refractivity (Wildman–Crippen MR) is 51.6 cm³/mol. The summed E-state index contributed by atoms with van der Waals surface area (Å²) < 4.78 is 7.48. The summed E-state index contributed by atoms with van der Waals surface area (Å²) in [5.74, 6) is 0.709. The van der Waals surface area contributed by atoms with Crippen molar-refractivity contribution in [1.82, 2.24) is 4.72 Å². The number of rotatable bonds is 3. The van der Waals surface area contributed by atoms with Gasteiger partial charge in [-0.3, -0.25) is 4.72 Å². The van der Waals surface area contributed by atoms with Crippen LogP contribution in [0, 0.1) is 0 Å². The van der Waals surface area contributed by atoms with E-state index in [0.717, 1.165) is 16.8 Å². The molecule has 0 aliphatic heterocycles.